The third-order valence-corrected chi connectivity index (χ3v) is 4.12. The molecule has 4 nitrogen and oxygen atoms in total. The zero-order valence-electron chi connectivity index (χ0n) is 10.2. The van der Waals surface area contributed by atoms with E-state index in [9.17, 15) is 4.79 Å². The van der Waals surface area contributed by atoms with E-state index < -0.39 is 0 Å². The average molecular weight is 251 g/mol. The highest BCUT2D eigenvalue weighted by molar-refractivity contribution is 7.18. The number of aryl methyl sites for hydroxylation is 3. The van der Waals surface area contributed by atoms with Crippen LogP contribution < -0.4 is 11.3 Å². The molecule has 0 saturated carbocycles. The van der Waals surface area contributed by atoms with Gasteiger partial charge in [-0.2, -0.15) is 0 Å². The summed E-state index contributed by atoms with van der Waals surface area (Å²) in [4.78, 5) is 18.6. The monoisotopic (exact) mass is 251 g/mol. The summed E-state index contributed by atoms with van der Waals surface area (Å²) in [5.41, 5.74) is 6.59. The van der Waals surface area contributed by atoms with Crippen LogP contribution in [0.3, 0.4) is 0 Å². The molecule has 2 N–H and O–H groups in total. The van der Waals surface area contributed by atoms with Crippen molar-refractivity contribution in [3.05, 3.63) is 27.1 Å². The molecule has 2 heterocycles. The second-order valence-corrected chi connectivity index (χ2v) is 5.41. The molecule has 0 aliphatic carbocycles. The van der Waals surface area contributed by atoms with Crippen LogP contribution in [-0.2, 0) is 6.54 Å². The van der Waals surface area contributed by atoms with E-state index in [1.807, 2.05) is 13.8 Å². The van der Waals surface area contributed by atoms with Crippen LogP contribution in [-0.4, -0.2) is 16.1 Å². The molecule has 2 rings (SSSR count). The highest BCUT2D eigenvalue weighted by Crippen LogP contribution is 2.25. The number of hydrogen-bond acceptors (Lipinski definition) is 4. The number of nitrogens with two attached hydrogens (primary N) is 1. The Morgan fingerprint density at radius 1 is 1.41 bits per heavy atom. The van der Waals surface area contributed by atoms with E-state index >= 15 is 0 Å². The summed E-state index contributed by atoms with van der Waals surface area (Å²) in [5.74, 6) is 0. The molecule has 2 aromatic rings. The molecule has 0 saturated heterocycles. The number of hydrogen-bond donors (Lipinski definition) is 1. The number of fused-ring (bicyclic) bond motifs is 1. The zero-order valence-corrected chi connectivity index (χ0v) is 11.0. The van der Waals surface area contributed by atoms with Crippen molar-refractivity contribution in [3.63, 3.8) is 0 Å². The van der Waals surface area contributed by atoms with Crippen molar-refractivity contribution in [1.82, 2.24) is 9.55 Å². The van der Waals surface area contributed by atoms with Gasteiger partial charge in [-0.1, -0.05) is 0 Å². The Morgan fingerprint density at radius 3 is 2.88 bits per heavy atom. The van der Waals surface area contributed by atoms with Crippen LogP contribution in [0, 0.1) is 13.8 Å². The lowest BCUT2D eigenvalue weighted by molar-refractivity contribution is 0.595. The first-order valence-electron chi connectivity index (χ1n) is 5.80. The van der Waals surface area contributed by atoms with Crippen LogP contribution >= 0.6 is 11.3 Å². The number of thiophene rings is 1. The average Bonchev–Trinajstić information content (AvgIpc) is 2.59. The Kier molecular flexibility index (Phi) is 3.59. The minimum absolute atomic E-state index is 0.0777. The SMILES string of the molecule is Cc1sc2ncn(CCCCN)c(=O)c2c1C. The molecule has 0 aliphatic rings. The van der Waals surface area contributed by atoms with Gasteiger partial charge in [0.1, 0.15) is 4.83 Å². The van der Waals surface area contributed by atoms with Crippen molar-refractivity contribution in [1.29, 1.82) is 0 Å². The van der Waals surface area contributed by atoms with E-state index in [0.29, 0.717) is 13.1 Å². The standard InChI is InChI=1S/C12H17N3OS/c1-8-9(2)17-11-10(8)12(16)15(7-14-11)6-4-3-5-13/h7H,3-6,13H2,1-2H3. The van der Waals surface area contributed by atoms with Gasteiger partial charge in [0.15, 0.2) is 0 Å². The van der Waals surface area contributed by atoms with Gasteiger partial charge in [-0.25, -0.2) is 4.98 Å². The fourth-order valence-corrected chi connectivity index (χ4v) is 2.84. The first kappa shape index (κ1) is 12.3. The Morgan fingerprint density at radius 2 is 2.18 bits per heavy atom. The summed E-state index contributed by atoms with van der Waals surface area (Å²) in [6, 6.07) is 0. The summed E-state index contributed by atoms with van der Waals surface area (Å²) in [5, 5.41) is 0.780. The molecule has 2 aromatic heterocycles. The van der Waals surface area contributed by atoms with E-state index in [-0.39, 0.29) is 5.56 Å². The molecular formula is C12H17N3OS. The normalized spacial score (nSPS) is 11.2. The molecule has 92 valence electrons. The first-order valence-corrected chi connectivity index (χ1v) is 6.62. The van der Waals surface area contributed by atoms with E-state index in [1.54, 1.807) is 22.2 Å². The molecular weight excluding hydrogens is 234 g/mol. The van der Waals surface area contributed by atoms with Gasteiger partial charge in [-0.05, 0) is 38.8 Å². The van der Waals surface area contributed by atoms with Crippen LogP contribution in [0.5, 0.6) is 0 Å². The third kappa shape index (κ3) is 2.25. The van der Waals surface area contributed by atoms with Crippen LogP contribution in [0.1, 0.15) is 23.3 Å². The molecule has 0 atom stereocenters. The van der Waals surface area contributed by atoms with Crippen LogP contribution in [0.25, 0.3) is 10.2 Å². The van der Waals surface area contributed by atoms with Gasteiger partial charge < -0.3 is 5.73 Å². The highest BCUT2D eigenvalue weighted by atomic mass is 32.1. The summed E-state index contributed by atoms with van der Waals surface area (Å²) in [6.07, 6.45) is 3.51. The minimum atomic E-state index is 0.0777. The predicted octanol–water partition coefficient (Wildman–Crippen LogP) is 1.81. The Hall–Kier alpha value is -1.20. The summed E-state index contributed by atoms with van der Waals surface area (Å²) in [7, 11) is 0. The second-order valence-electron chi connectivity index (χ2n) is 4.20. The Balaban J connectivity index is 2.43. The second kappa shape index (κ2) is 4.98. The molecule has 17 heavy (non-hydrogen) atoms. The predicted molar refractivity (Wildman–Crippen MR) is 71.6 cm³/mol. The van der Waals surface area contributed by atoms with Crippen molar-refractivity contribution >= 4 is 21.6 Å². The van der Waals surface area contributed by atoms with Gasteiger partial charge in [0, 0.05) is 11.4 Å². The minimum Gasteiger partial charge on any atom is -0.330 e. The topological polar surface area (TPSA) is 60.9 Å². The lowest BCUT2D eigenvalue weighted by atomic mass is 10.2. The van der Waals surface area contributed by atoms with Gasteiger partial charge in [0.25, 0.3) is 5.56 Å². The van der Waals surface area contributed by atoms with E-state index in [0.717, 1.165) is 28.6 Å². The highest BCUT2D eigenvalue weighted by Gasteiger charge is 2.11. The third-order valence-electron chi connectivity index (χ3n) is 3.01. The van der Waals surface area contributed by atoms with Crippen molar-refractivity contribution in [2.24, 2.45) is 5.73 Å². The number of rotatable bonds is 4. The maximum Gasteiger partial charge on any atom is 0.262 e. The molecule has 0 spiro atoms. The number of aromatic nitrogens is 2. The fourth-order valence-electron chi connectivity index (χ4n) is 1.86. The van der Waals surface area contributed by atoms with Gasteiger partial charge in [0.2, 0.25) is 0 Å². The molecule has 0 bridgehead atoms. The van der Waals surface area contributed by atoms with Crippen molar-refractivity contribution in [2.75, 3.05) is 6.54 Å². The van der Waals surface area contributed by atoms with Gasteiger partial charge in [-0.3, -0.25) is 9.36 Å². The van der Waals surface area contributed by atoms with Gasteiger partial charge in [-0.15, -0.1) is 11.3 Å². The Bertz CT molecular complexity index is 585. The smallest absolute Gasteiger partial charge is 0.262 e. The van der Waals surface area contributed by atoms with Crippen LogP contribution in [0.2, 0.25) is 0 Å². The van der Waals surface area contributed by atoms with E-state index in [4.69, 9.17) is 5.73 Å². The summed E-state index contributed by atoms with van der Waals surface area (Å²) < 4.78 is 1.69. The maximum absolute atomic E-state index is 12.3. The largest absolute Gasteiger partial charge is 0.330 e. The maximum atomic E-state index is 12.3. The Labute approximate surface area is 104 Å². The number of unbranched alkanes of at least 4 members (excludes halogenated alkanes) is 1. The quantitative estimate of drug-likeness (QED) is 0.843. The molecule has 0 radical (unpaired) electrons. The van der Waals surface area contributed by atoms with Crippen molar-refractivity contribution < 1.29 is 0 Å². The van der Waals surface area contributed by atoms with Crippen LogP contribution in [0.15, 0.2) is 11.1 Å². The lowest BCUT2D eigenvalue weighted by Crippen LogP contribution is -2.21. The van der Waals surface area contributed by atoms with Crippen molar-refractivity contribution in [2.45, 2.75) is 33.2 Å². The van der Waals surface area contributed by atoms with Crippen molar-refractivity contribution in [3.8, 4) is 0 Å². The summed E-state index contributed by atoms with van der Waals surface area (Å²) >= 11 is 1.59. The number of nitrogens with zero attached hydrogens (tertiary/aromatic N) is 2. The molecule has 0 aliphatic heterocycles. The zero-order chi connectivity index (χ0) is 12.4. The lowest BCUT2D eigenvalue weighted by Gasteiger charge is -2.04. The molecule has 0 aromatic carbocycles. The first-order chi connectivity index (χ1) is 8.15. The van der Waals surface area contributed by atoms with Gasteiger partial charge in [0.05, 0.1) is 11.7 Å². The van der Waals surface area contributed by atoms with E-state index in [2.05, 4.69) is 4.98 Å². The molecule has 0 fully saturated rings. The van der Waals surface area contributed by atoms with Gasteiger partial charge >= 0.3 is 0 Å². The molecule has 0 amide bonds. The fraction of sp³-hybridized carbons (Fsp3) is 0.500. The molecule has 5 heteroatoms. The van der Waals surface area contributed by atoms with E-state index in [1.165, 1.54) is 4.88 Å². The van der Waals surface area contributed by atoms with Crippen LogP contribution in [0.4, 0.5) is 0 Å². The summed E-state index contributed by atoms with van der Waals surface area (Å²) in [6.45, 7) is 5.38. The molecule has 0 unspecified atom stereocenters.